The van der Waals surface area contributed by atoms with Crippen molar-refractivity contribution in [2.24, 2.45) is 0 Å². The first-order valence-electron chi connectivity index (χ1n) is 9.30. The van der Waals surface area contributed by atoms with E-state index in [1.54, 1.807) is 24.4 Å². The number of carbonyl (C=O) groups excluding carboxylic acids is 1. The van der Waals surface area contributed by atoms with Crippen LogP contribution in [0.5, 0.6) is 11.5 Å². The first-order chi connectivity index (χ1) is 14.2. The van der Waals surface area contributed by atoms with Crippen molar-refractivity contribution in [3.8, 4) is 11.5 Å². The molecule has 0 aliphatic carbocycles. The Kier molecular flexibility index (Phi) is 5.31. The van der Waals surface area contributed by atoms with E-state index in [9.17, 15) is 4.79 Å². The van der Waals surface area contributed by atoms with Crippen molar-refractivity contribution in [1.82, 2.24) is 4.98 Å². The van der Waals surface area contributed by atoms with Crippen LogP contribution in [-0.4, -0.2) is 10.8 Å². The number of benzene rings is 3. The molecule has 4 nitrogen and oxygen atoms in total. The summed E-state index contributed by atoms with van der Waals surface area (Å²) in [5, 5.41) is 0.795. The highest BCUT2D eigenvalue weighted by atomic mass is 16.5. The number of nitrogens with zero attached hydrogens (tertiary/aromatic N) is 2. The molecular formula is C25H18N2O2. The summed E-state index contributed by atoms with van der Waals surface area (Å²) in [6.45, 7) is 7.20. The lowest BCUT2D eigenvalue weighted by molar-refractivity contribution is -0.117. The van der Waals surface area contributed by atoms with Gasteiger partial charge in [-0.25, -0.2) is 4.85 Å². The summed E-state index contributed by atoms with van der Waals surface area (Å²) in [5.74, 6) is 1.50. The van der Waals surface area contributed by atoms with Gasteiger partial charge in [-0.2, -0.15) is 0 Å². The van der Waals surface area contributed by atoms with Crippen LogP contribution in [0.15, 0.2) is 85.1 Å². The van der Waals surface area contributed by atoms with Crippen LogP contribution in [0.1, 0.15) is 11.1 Å². The maximum atomic E-state index is 12.3. The molecule has 0 unspecified atom stereocenters. The molecule has 0 aliphatic rings. The minimum absolute atomic E-state index is 0.177. The van der Waals surface area contributed by atoms with Crippen LogP contribution in [0, 0.1) is 6.57 Å². The van der Waals surface area contributed by atoms with Crippen molar-refractivity contribution in [2.45, 2.75) is 12.8 Å². The van der Waals surface area contributed by atoms with Crippen LogP contribution in [0.4, 0.5) is 5.69 Å². The fourth-order valence-electron chi connectivity index (χ4n) is 3.18. The molecule has 1 aromatic heterocycles. The van der Waals surface area contributed by atoms with Crippen LogP contribution in [0.25, 0.3) is 15.7 Å². The van der Waals surface area contributed by atoms with E-state index in [0.29, 0.717) is 30.0 Å². The molecule has 0 amide bonds. The molecule has 0 radical (unpaired) electrons. The van der Waals surface area contributed by atoms with E-state index in [1.165, 1.54) is 0 Å². The predicted molar refractivity (Wildman–Crippen MR) is 113 cm³/mol. The molecular weight excluding hydrogens is 360 g/mol. The number of ketones is 1. The lowest BCUT2D eigenvalue weighted by atomic mass is 10.0. The Morgan fingerprint density at radius 1 is 0.897 bits per heavy atom. The lowest BCUT2D eigenvalue weighted by Crippen LogP contribution is -2.06. The van der Waals surface area contributed by atoms with Gasteiger partial charge in [0.25, 0.3) is 0 Å². The number of pyridine rings is 1. The van der Waals surface area contributed by atoms with Crippen molar-refractivity contribution in [3.63, 3.8) is 0 Å². The van der Waals surface area contributed by atoms with Crippen LogP contribution >= 0.6 is 0 Å². The molecule has 29 heavy (non-hydrogen) atoms. The van der Waals surface area contributed by atoms with Crippen molar-refractivity contribution in [3.05, 3.63) is 108 Å². The van der Waals surface area contributed by atoms with Crippen LogP contribution < -0.4 is 4.74 Å². The zero-order valence-electron chi connectivity index (χ0n) is 15.7. The van der Waals surface area contributed by atoms with Gasteiger partial charge < -0.3 is 4.74 Å². The van der Waals surface area contributed by atoms with Crippen LogP contribution in [0.3, 0.4) is 0 Å². The van der Waals surface area contributed by atoms with Gasteiger partial charge in [0.1, 0.15) is 17.3 Å². The minimum Gasteiger partial charge on any atom is -0.457 e. The molecule has 1 heterocycles. The zero-order chi connectivity index (χ0) is 20.1. The lowest BCUT2D eigenvalue weighted by Gasteiger charge is -2.10. The number of ether oxygens (including phenoxy) is 1. The van der Waals surface area contributed by atoms with Gasteiger partial charge >= 0.3 is 0 Å². The van der Waals surface area contributed by atoms with E-state index >= 15 is 0 Å². The molecule has 0 saturated carbocycles. The summed E-state index contributed by atoms with van der Waals surface area (Å²) in [7, 11) is 0. The first-order valence-corrected chi connectivity index (χ1v) is 9.30. The molecule has 0 N–H and O–H groups in total. The van der Waals surface area contributed by atoms with E-state index in [-0.39, 0.29) is 5.78 Å². The largest absolute Gasteiger partial charge is 0.457 e. The van der Waals surface area contributed by atoms with Gasteiger partial charge in [0.15, 0.2) is 5.69 Å². The third-order valence-corrected chi connectivity index (χ3v) is 4.61. The van der Waals surface area contributed by atoms with Crippen LogP contribution in [0.2, 0.25) is 0 Å². The summed E-state index contributed by atoms with van der Waals surface area (Å²) in [6.07, 6.45) is 2.51. The molecule has 0 saturated heterocycles. The first kappa shape index (κ1) is 18.4. The molecule has 0 spiro atoms. The fourth-order valence-corrected chi connectivity index (χ4v) is 3.18. The van der Waals surface area contributed by atoms with Crippen LogP contribution in [-0.2, 0) is 17.6 Å². The molecule has 4 heteroatoms. The van der Waals surface area contributed by atoms with Gasteiger partial charge in [0.05, 0.1) is 12.1 Å². The molecule has 0 atom stereocenters. The smallest absolute Gasteiger partial charge is 0.188 e. The third-order valence-electron chi connectivity index (χ3n) is 4.61. The van der Waals surface area contributed by atoms with E-state index < -0.39 is 0 Å². The Morgan fingerprint density at radius 3 is 2.34 bits per heavy atom. The summed E-state index contributed by atoms with van der Waals surface area (Å²) in [6, 6.07) is 24.4. The number of rotatable bonds is 6. The van der Waals surface area contributed by atoms with Gasteiger partial charge in [-0.15, -0.1) is 0 Å². The normalized spacial score (nSPS) is 10.4. The summed E-state index contributed by atoms with van der Waals surface area (Å²) in [4.78, 5) is 20.1. The van der Waals surface area contributed by atoms with Crippen molar-refractivity contribution >= 4 is 22.4 Å². The molecule has 0 bridgehead atoms. The van der Waals surface area contributed by atoms with E-state index in [2.05, 4.69) is 9.83 Å². The van der Waals surface area contributed by atoms with Crippen molar-refractivity contribution in [2.75, 3.05) is 0 Å². The molecule has 4 rings (SSSR count). The number of Topliss-reactive ketones (excluding diaryl/α,β-unsaturated/α-hetero) is 1. The third kappa shape index (κ3) is 4.48. The summed E-state index contributed by atoms with van der Waals surface area (Å²) < 4.78 is 6.02. The van der Waals surface area contributed by atoms with Gasteiger partial charge in [-0.05, 0) is 41.5 Å². The topological polar surface area (TPSA) is 43.5 Å². The van der Waals surface area contributed by atoms with Crippen molar-refractivity contribution < 1.29 is 9.53 Å². The van der Waals surface area contributed by atoms with Gasteiger partial charge in [-0.1, -0.05) is 48.5 Å². The number of fused-ring (bicyclic) bond motifs is 1. The Morgan fingerprint density at radius 2 is 1.62 bits per heavy atom. The van der Waals surface area contributed by atoms with Gasteiger partial charge in [0.2, 0.25) is 0 Å². The number of aromatic nitrogens is 1. The monoisotopic (exact) mass is 378 g/mol. The zero-order valence-corrected chi connectivity index (χ0v) is 15.7. The maximum Gasteiger partial charge on any atom is 0.188 e. The van der Waals surface area contributed by atoms with Crippen molar-refractivity contribution in [1.29, 1.82) is 0 Å². The molecule has 3 aromatic carbocycles. The second-order valence-corrected chi connectivity index (χ2v) is 6.75. The highest BCUT2D eigenvalue weighted by Gasteiger charge is 2.08. The van der Waals surface area contributed by atoms with E-state index in [1.807, 2.05) is 60.7 Å². The highest BCUT2D eigenvalue weighted by molar-refractivity contribution is 5.88. The second kappa shape index (κ2) is 8.37. The maximum absolute atomic E-state index is 12.3. The molecule has 0 fully saturated rings. The minimum atomic E-state index is 0.177. The number of hydrogen-bond acceptors (Lipinski definition) is 3. The number of carbonyl (C=O) groups is 1. The van der Waals surface area contributed by atoms with E-state index in [4.69, 9.17) is 11.3 Å². The predicted octanol–water partition coefficient (Wildman–Crippen LogP) is 5.93. The summed E-state index contributed by atoms with van der Waals surface area (Å²) >= 11 is 0. The Bertz CT molecular complexity index is 1190. The Hall–Kier alpha value is -3.97. The Balaban J connectivity index is 1.47. The van der Waals surface area contributed by atoms with Gasteiger partial charge in [-0.3, -0.25) is 9.78 Å². The molecule has 4 aromatic rings. The average Bonchev–Trinajstić information content (AvgIpc) is 2.75. The fraction of sp³-hybridized carbons (Fsp3) is 0.0800. The molecule has 0 aliphatic heterocycles. The SMILES string of the molecule is [C-]#[N+]c1ccc2nccc(Oc3ccc(CC(=O)Cc4ccccc4)cc3)c2c1. The Labute approximate surface area is 169 Å². The molecule has 140 valence electrons. The van der Waals surface area contributed by atoms with E-state index in [0.717, 1.165) is 22.0 Å². The average molecular weight is 378 g/mol. The standard InChI is InChI=1S/C25H18N2O2/c1-26-20-9-12-24-23(17-20)25(13-14-27-24)29-22-10-7-19(8-11-22)16-21(28)15-18-5-3-2-4-6-18/h2-14,17H,15-16H2. The number of hydrogen-bond donors (Lipinski definition) is 0. The highest BCUT2D eigenvalue weighted by Crippen LogP contribution is 2.31. The quantitative estimate of drug-likeness (QED) is 0.390. The second-order valence-electron chi connectivity index (χ2n) is 6.75. The van der Waals surface area contributed by atoms with Gasteiger partial charge in [0, 0.05) is 24.4 Å². The summed E-state index contributed by atoms with van der Waals surface area (Å²) in [5.41, 5.74) is 3.30.